The molecular formula is C14H26N2O. The molecule has 0 fully saturated rings. The van der Waals surface area contributed by atoms with Crippen LogP contribution in [0.3, 0.4) is 0 Å². The zero-order chi connectivity index (χ0) is 12.9. The van der Waals surface area contributed by atoms with Crippen LogP contribution < -0.4 is 11.1 Å². The van der Waals surface area contributed by atoms with Crippen LogP contribution in [0.5, 0.6) is 0 Å². The van der Waals surface area contributed by atoms with Gasteiger partial charge in [-0.25, -0.2) is 0 Å². The average molecular weight is 238 g/mol. The van der Waals surface area contributed by atoms with E-state index in [9.17, 15) is 4.79 Å². The lowest BCUT2D eigenvalue weighted by molar-refractivity contribution is -0.127. The predicted octanol–water partition coefficient (Wildman–Crippen LogP) is 2.22. The van der Waals surface area contributed by atoms with Crippen LogP contribution in [0.15, 0.2) is 12.2 Å². The van der Waals surface area contributed by atoms with Crippen molar-refractivity contribution in [2.24, 2.45) is 17.6 Å². The first-order valence-electron chi connectivity index (χ1n) is 6.64. The van der Waals surface area contributed by atoms with Gasteiger partial charge in [-0.15, -0.1) is 0 Å². The Morgan fingerprint density at radius 1 is 1.53 bits per heavy atom. The van der Waals surface area contributed by atoms with Gasteiger partial charge in [0, 0.05) is 18.0 Å². The first kappa shape index (κ1) is 14.2. The van der Waals surface area contributed by atoms with Gasteiger partial charge in [0.1, 0.15) is 0 Å². The maximum absolute atomic E-state index is 12.2. The van der Waals surface area contributed by atoms with Gasteiger partial charge in [0.25, 0.3) is 0 Å². The van der Waals surface area contributed by atoms with Gasteiger partial charge in [0.05, 0.1) is 0 Å². The maximum atomic E-state index is 12.2. The molecule has 1 aliphatic carbocycles. The zero-order valence-corrected chi connectivity index (χ0v) is 11.3. The number of hydrogen-bond donors (Lipinski definition) is 2. The molecule has 17 heavy (non-hydrogen) atoms. The molecule has 0 radical (unpaired) electrons. The zero-order valence-electron chi connectivity index (χ0n) is 11.3. The van der Waals surface area contributed by atoms with E-state index in [2.05, 4.69) is 31.3 Å². The van der Waals surface area contributed by atoms with E-state index in [0.29, 0.717) is 12.5 Å². The van der Waals surface area contributed by atoms with Crippen LogP contribution in [0.2, 0.25) is 0 Å². The van der Waals surface area contributed by atoms with Gasteiger partial charge in [-0.3, -0.25) is 4.79 Å². The molecule has 0 saturated heterocycles. The Hall–Kier alpha value is -0.830. The molecule has 0 aromatic rings. The van der Waals surface area contributed by atoms with E-state index in [4.69, 9.17) is 5.73 Å². The van der Waals surface area contributed by atoms with Crippen molar-refractivity contribution in [2.45, 2.75) is 52.0 Å². The smallest absolute Gasteiger partial charge is 0.223 e. The van der Waals surface area contributed by atoms with E-state index in [1.165, 1.54) is 0 Å². The molecule has 0 spiro atoms. The van der Waals surface area contributed by atoms with Crippen molar-refractivity contribution < 1.29 is 4.79 Å². The summed E-state index contributed by atoms with van der Waals surface area (Å²) in [5.41, 5.74) is 5.55. The highest BCUT2D eigenvalue weighted by atomic mass is 16.2. The van der Waals surface area contributed by atoms with Crippen molar-refractivity contribution in [1.29, 1.82) is 0 Å². The fraction of sp³-hybridized carbons (Fsp3) is 0.786. The second-order valence-electron chi connectivity index (χ2n) is 5.83. The minimum Gasteiger partial charge on any atom is -0.349 e. The van der Waals surface area contributed by atoms with Gasteiger partial charge in [-0.1, -0.05) is 26.0 Å². The quantitative estimate of drug-likeness (QED) is 0.722. The third kappa shape index (κ3) is 4.50. The summed E-state index contributed by atoms with van der Waals surface area (Å²) in [6.07, 6.45) is 8.04. The number of rotatable bonds is 5. The van der Waals surface area contributed by atoms with Crippen molar-refractivity contribution in [2.75, 3.05) is 6.54 Å². The minimum atomic E-state index is -0.258. The molecule has 3 N–H and O–H groups in total. The molecule has 3 nitrogen and oxygen atoms in total. The number of carbonyl (C=O) groups is 1. The summed E-state index contributed by atoms with van der Waals surface area (Å²) in [5, 5.41) is 3.15. The van der Waals surface area contributed by atoms with Gasteiger partial charge < -0.3 is 11.1 Å². The highest BCUT2D eigenvalue weighted by Crippen LogP contribution is 2.21. The molecule has 0 aromatic heterocycles. The van der Waals surface area contributed by atoms with Crippen molar-refractivity contribution >= 4 is 5.91 Å². The van der Waals surface area contributed by atoms with E-state index in [1.54, 1.807) is 0 Å². The lowest BCUT2D eigenvalue weighted by Crippen LogP contribution is -2.53. The SMILES string of the molecule is CC(C)CC(C)(CN)NC(=O)C1CC=CCC1. The third-order valence-corrected chi connectivity index (χ3v) is 3.37. The van der Waals surface area contributed by atoms with Crippen molar-refractivity contribution in [3.63, 3.8) is 0 Å². The molecule has 0 aliphatic heterocycles. The lowest BCUT2D eigenvalue weighted by atomic mass is 9.88. The highest BCUT2D eigenvalue weighted by Gasteiger charge is 2.29. The Labute approximate surface area is 105 Å². The van der Waals surface area contributed by atoms with Gasteiger partial charge >= 0.3 is 0 Å². The van der Waals surface area contributed by atoms with Crippen LogP contribution in [0, 0.1) is 11.8 Å². The standard InChI is InChI=1S/C14H26N2O/c1-11(2)9-14(3,10-15)16-13(17)12-7-5-4-6-8-12/h4-5,11-12H,6-10,15H2,1-3H3,(H,16,17). The van der Waals surface area contributed by atoms with Crippen LogP contribution in [-0.4, -0.2) is 18.0 Å². The Bertz CT molecular complexity index is 286. The predicted molar refractivity (Wildman–Crippen MR) is 71.5 cm³/mol. The summed E-state index contributed by atoms with van der Waals surface area (Å²) < 4.78 is 0. The van der Waals surface area contributed by atoms with Crippen LogP contribution in [0.25, 0.3) is 0 Å². The Morgan fingerprint density at radius 3 is 2.71 bits per heavy atom. The molecule has 0 saturated carbocycles. The molecule has 3 heteroatoms. The van der Waals surface area contributed by atoms with E-state index in [1.807, 2.05) is 6.92 Å². The molecule has 0 heterocycles. The van der Waals surface area contributed by atoms with E-state index in [0.717, 1.165) is 25.7 Å². The monoisotopic (exact) mass is 238 g/mol. The number of carbonyl (C=O) groups excluding carboxylic acids is 1. The summed E-state index contributed by atoms with van der Waals surface area (Å²) in [5.74, 6) is 0.844. The molecule has 2 atom stereocenters. The summed E-state index contributed by atoms with van der Waals surface area (Å²) >= 11 is 0. The van der Waals surface area contributed by atoms with E-state index < -0.39 is 0 Å². The second-order valence-corrected chi connectivity index (χ2v) is 5.83. The third-order valence-electron chi connectivity index (χ3n) is 3.37. The van der Waals surface area contributed by atoms with Gasteiger partial charge in [0.2, 0.25) is 5.91 Å². The highest BCUT2D eigenvalue weighted by molar-refractivity contribution is 5.79. The largest absolute Gasteiger partial charge is 0.349 e. The normalized spacial score (nSPS) is 23.5. The summed E-state index contributed by atoms with van der Waals surface area (Å²) in [4.78, 5) is 12.2. The lowest BCUT2D eigenvalue weighted by Gasteiger charge is -2.33. The minimum absolute atomic E-state index is 0.137. The first-order chi connectivity index (χ1) is 7.97. The van der Waals surface area contributed by atoms with Crippen LogP contribution in [0.1, 0.15) is 46.5 Å². The average Bonchev–Trinajstić information content (AvgIpc) is 2.29. The number of amides is 1. The molecule has 0 aromatic carbocycles. The van der Waals surface area contributed by atoms with Gasteiger partial charge in [-0.05, 0) is 38.5 Å². The summed E-state index contributed by atoms with van der Waals surface area (Å²) in [6, 6.07) is 0. The van der Waals surface area contributed by atoms with Gasteiger partial charge in [0.15, 0.2) is 0 Å². The first-order valence-corrected chi connectivity index (χ1v) is 6.64. The Balaban J connectivity index is 2.55. The second kappa shape index (κ2) is 6.20. The van der Waals surface area contributed by atoms with Crippen LogP contribution in [-0.2, 0) is 4.79 Å². The molecule has 0 bridgehead atoms. The van der Waals surface area contributed by atoms with Crippen LogP contribution in [0.4, 0.5) is 0 Å². The molecule has 98 valence electrons. The number of allylic oxidation sites excluding steroid dienone is 2. The number of nitrogens with one attached hydrogen (secondary N) is 1. The Morgan fingerprint density at radius 2 is 2.24 bits per heavy atom. The Kier molecular flexibility index (Phi) is 5.19. The van der Waals surface area contributed by atoms with E-state index >= 15 is 0 Å². The van der Waals surface area contributed by atoms with Crippen molar-refractivity contribution in [1.82, 2.24) is 5.32 Å². The molecule has 2 unspecified atom stereocenters. The number of nitrogens with two attached hydrogens (primary N) is 1. The molecule has 1 rings (SSSR count). The molecule has 1 amide bonds. The maximum Gasteiger partial charge on any atom is 0.223 e. The summed E-state index contributed by atoms with van der Waals surface area (Å²) in [6.45, 7) is 6.86. The topological polar surface area (TPSA) is 55.1 Å². The van der Waals surface area contributed by atoms with Crippen LogP contribution >= 0.6 is 0 Å². The summed E-state index contributed by atoms with van der Waals surface area (Å²) in [7, 11) is 0. The number of hydrogen-bond acceptors (Lipinski definition) is 2. The fourth-order valence-corrected chi connectivity index (χ4v) is 2.52. The van der Waals surface area contributed by atoms with Crippen molar-refractivity contribution in [3.8, 4) is 0 Å². The van der Waals surface area contributed by atoms with E-state index in [-0.39, 0.29) is 17.4 Å². The fourth-order valence-electron chi connectivity index (χ4n) is 2.52. The molecular weight excluding hydrogens is 212 g/mol. The molecule has 1 aliphatic rings. The van der Waals surface area contributed by atoms with Crippen molar-refractivity contribution in [3.05, 3.63) is 12.2 Å². The van der Waals surface area contributed by atoms with Gasteiger partial charge in [-0.2, -0.15) is 0 Å².